The summed E-state index contributed by atoms with van der Waals surface area (Å²) in [5, 5.41) is 3.06. The smallest absolute Gasteiger partial charge is 0.243 e. The molecule has 0 saturated carbocycles. The Hall–Kier alpha value is -0.910. The predicted molar refractivity (Wildman–Crippen MR) is 81.0 cm³/mol. The second-order valence-electron chi connectivity index (χ2n) is 5.74. The minimum atomic E-state index is -3.35. The van der Waals surface area contributed by atoms with Gasteiger partial charge in [0.25, 0.3) is 0 Å². The lowest BCUT2D eigenvalue weighted by Gasteiger charge is -2.27. The summed E-state index contributed by atoms with van der Waals surface area (Å²) >= 11 is 0. The molecule has 20 heavy (non-hydrogen) atoms. The van der Waals surface area contributed by atoms with E-state index in [1.165, 1.54) is 0 Å². The first-order chi connectivity index (χ1) is 9.46. The fourth-order valence-electron chi connectivity index (χ4n) is 2.85. The van der Waals surface area contributed by atoms with Crippen LogP contribution in [0.4, 0.5) is 0 Å². The quantitative estimate of drug-likeness (QED) is 0.906. The Kier molecular flexibility index (Phi) is 4.83. The van der Waals surface area contributed by atoms with Gasteiger partial charge in [-0.1, -0.05) is 26.0 Å². The molecule has 1 atom stereocenters. The summed E-state index contributed by atoms with van der Waals surface area (Å²) in [7, 11) is -1.47. The van der Waals surface area contributed by atoms with Gasteiger partial charge in [0.15, 0.2) is 0 Å². The van der Waals surface area contributed by atoms with E-state index in [2.05, 4.69) is 19.2 Å². The van der Waals surface area contributed by atoms with E-state index in [4.69, 9.17) is 0 Å². The average Bonchev–Trinajstić information content (AvgIpc) is 2.90. The molecule has 1 fully saturated rings. The van der Waals surface area contributed by atoms with Gasteiger partial charge in [-0.2, -0.15) is 4.31 Å². The third-order valence-electron chi connectivity index (χ3n) is 3.93. The summed E-state index contributed by atoms with van der Waals surface area (Å²) in [4.78, 5) is 0.407. The molecule has 5 heteroatoms. The third-order valence-corrected chi connectivity index (χ3v) is 5.87. The summed E-state index contributed by atoms with van der Waals surface area (Å²) in [5.41, 5.74) is 1.09. The third kappa shape index (κ3) is 3.05. The Bertz CT molecular complexity index is 537. The van der Waals surface area contributed by atoms with Gasteiger partial charge in [-0.3, -0.25) is 0 Å². The maximum absolute atomic E-state index is 12.7. The van der Waals surface area contributed by atoms with Crippen LogP contribution in [0.1, 0.15) is 32.3 Å². The van der Waals surface area contributed by atoms with Crippen molar-refractivity contribution in [1.82, 2.24) is 9.62 Å². The largest absolute Gasteiger partial charge is 0.316 e. The zero-order chi connectivity index (χ0) is 14.8. The van der Waals surface area contributed by atoms with Crippen molar-refractivity contribution in [3.63, 3.8) is 0 Å². The highest BCUT2D eigenvalue weighted by molar-refractivity contribution is 7.89. The number of hydrogen-bond acceptors (Lipinski definition) is 3. The first kappa shape index (κ1) is 15.5. The molecular formula is C15H24N2O2S. The number of sulfonamides is 1. The van der Waals surface area contributed by atoms with Crippen molar-refractivity contribution >= 4 is 10.0 Å². The normalized spacial score (nSPS) is 20.7. The van der Waals surface area contributed by atoms with Gasteiger partial charge < -0.3 is 5.32 Å². The summed E-state index contributed by atoms with van der Waals surface area (Å²) in [5.74, 6) is 0.357. The highest BCUT2D eigenvalue weighted by atomic mass is 32.2. The van der Waals surface area contributed by atoms with Crippen LogP contribution in [0, 0.1) is 5.92 Å². The van der Waals surface area contributed by atoms with Crippen LogP contribution >= 0.6 is 0 Å². The van der Waals surface area contributed by atoms with E-state index in [0.717, 1.165) is 24.9 Å². The van der Waals surface area contributed by atoms with Crippen molar-refractivity contribution in [3.8, 4) is 0 Å². The lowest BCUT2D eigenvalue weighted by molar-refractivity contribution is 0.316. The van der Waals surface area contributed by atoms with Crippen molar-refractivity contribution in [1.29, 1.82) is 0 Å². The van der Waals surface area contributed by atoms with Gasteiger partial charge >= 0.3 is 0 Å². The summed E-state index contributed by atoms with van der Waals surface area (Å²) in [6, 6.07) is 7.33. The molecule has 0 radical (unpaired) electrons. The van der Waals surface area contributed by atoms with Gasteiger partial charge in [0.2, 0.25) is 10.0 Å². The minimum Gasteiger partial charge on any atom is -0.316 e. The molecule has 4 nitrogen and oxygen atoms in total. The lowest BCUT2D eigenvalue weighted by Crippen LogP contribution is -2.38. The molecule has 0 amide bonds. The Morgan fingerprint density at radius 2 is 1.95 bits per heavy atom. The first-order valence-electron chi connectivity index (χ1n) is 7.22. The van der Waals surface area contributed by atoms with E-state index >= 15 is 0 Å². The Morgan fingerprint density at radius 1 is 1.30 bits per heavy atom. The molecule has 1 aliphatic rings. The van der Waals surface area contributed by atoms with Crippen molar-refractivity contribution in [2.45, 2.75) is 44.2 Å². The Labute approximate surface area is 122 Å². The second kappa shape index (κ2) is 6.24. The van der Waals surface area contributed by atoms with Gasteiger partial charge in [-0.25, -0.2) is 8.42 Å². The molecule has 1 heterocycles. The number of hydrogen-bond donors (Lipinski definition) is 1. The van der Waals surface area contributed by atoms with Crippen molar-refractivity contribution in [3.05, 3.63) is 29.8 Å². The monoisotopic (exact) mass is 296 g/mol. The SMILES string of the molecule is CNCc1ccc(S(=O)(=O)N2CCCC2C(C)C)cc1. The molecule has 2 rings (SSSR count). The van der Waals surface area contributed by atoms with Crippen LogP contribution in [0.2, 0.25) is 0 Å². The molecule has 0 aliphatic carbocycles. The van der Waals surface area contributed by atoms with E-state index in [1.807, 2.05) is 19.2 Å². The van der Waals surface area contributed by atoms with Crippen LogP contribution in [-0.2, 0) is 16.6 Å². The Morgan fingerprint density at radius 3 is 2.50 bits per heavy atom. The molecule has 1 aromatic rings. The van der Waals surface area contributed by atoms with Gasteiger partial charge in [0.05, 0.1) is 4.90 Å². The highest BCUT2D eigenvalue weighted by Crippen LogP contribution is 2.30. The zero-order valence-corrected chi connectivity index (χ0v) is 13.3. The second-order valence-corrected chi connectivity index (χ2v) is 7.63. The van der Waals surface area contributed by atoms with E-state index in [1.54, 1.807) is 16.4 Å². The van der Waals surface area contributed by atoms with Crippen LogP contribution in [0.3, 0.4) is 0 Å². The molecule has 1 unspecified atom stereocenters. The fourth-order valence-corrected chi connectivity index (χ4v) is 4.67. The van der Waals surface area contributed by atoms with Crippen molar-refractivity contribution < 1.29 is 8.42 Å². The number of nitrogens with zero attached hydrogens (tertiary/aromatic N) is 1. The van der Waals surface area contributed by atoms with Crippen molar-refractivity contribution in [2.75, 3.05) is 13.6 Å². The number of rotatable bonds is 5. The number of benzene rings is 1. The van der Waals surface area contributed by atoms with Crippen molar-refractivity contribution in [2.24, 2.45) is 5.92 Å². The molecule has 1 aromatic carbocycles. The summed E-state index contributed by atoms with van der Waals surface area (Å²) in [6.07, 6.45) is 1.93. The van der Waals surface area contributed by atoms with E-state index < -0.39 is 10.0 Å². The van der Waals surface area contributed by atoms with Gasteiger partial charge in [-0.15, -0.1) is 0 Å². The molecule has 112 valence electrons. The Balaban J connectivity index is 2.25. The molecule has 0 spiro atoms. The zero-order valence-electron chi connectivity index (χ0n) is 12.5. The predicted octanol–water partition coefficient (Wildman–Crippen LogP) is 2.22. The molecule has 1 saturated heterocycles. The summed E-state index contributed by atoms with van der Waals surface area (Å²) in [6.45, 7) is 5.57. The van der Waals surface area contributed by atoms with E-state index in [-0.39, 0.29) is 6.04 Å². The maximum Gasteiger partial charge on any atom is 0.243 e. The van der Waals surface area contributed by atoms with Crippen LogP contribution in [0.15, 0.2) is 29.2 Å². The first-order valence-corrected chi connectivity index (χ1v) is 8.66. The molecule has 0 aromatic heterocycles. The van der Waals surface area contributed by atoms with Crippen LogP contribution < -0.4 is 5.32 Å². The minimum absolute atomic E-state index is 0.136. The molecule has 1 aliphatic heterocycles. The summed E-state index contributed by atoms with van der Waals surface area (Å²) < 4.78 is 27.1. The van der Waals surface area contributed by atoms with Crippen LogP contribution in [0.25, 0.3) is 0 Å². The maximum atomic E-state index is 12.7. The van der Waals surface area contributed by atoms with Gasteiger partial charge in [-0.05, 0) is 43.5 Å². The topological polar surface area (TPSA) is 49.4 Å². The molecular weight excluding hydrogens is 272 g/mol. The van der Waals surface area contributed by atoms with Crippen LogP contribution in [-0.4, -0.2) is 32.4 Å². The highest BCUT2D eigenvalue weighted by Gasteiger charge is 2.36. The average molecular weight is 296 g/mol. The number of nitrogens with one attached hydrogen (secondary N) is 1. The van der Waals surface area contributed by atoms with Gasteiger partial charge in [0.1, 0.15) is 0 Å². The molecule has 0 bridgehead atoms. The van der Waals surface area contributed by atoms with Crippen LogP contribution in [0.5, 0.6) is 0 Å². The van der Waals surface area contributed by atoms with E-state index in [9.17, 15) is 8.42 Å². The standard InChI is InChI=1S/C15H24N2O2S/c1-12(2)15-5-4-10-17(15)20(18,19)14-8-6-13(7-9-14)11-16-3/h6-9,12,15-16H,4-5,10-11H2,1-3H3. The lowest BCUT2D eigenvalue weighted by atomic mass is 10.0. The van der Waals surface area contributed by atoms with Gasteiger partial charge in [0, 0.05) is 19.1 Å². The molecule has 1 N–H and O–H groups in total. The fraction of sp³-hybridized carbons (Fsp3) is 0.600. The van der Waals surface area contributed by atoms with E-state index in [0.29, 0.717) is 17.4 Å².